The maximum absolute atomic E-state index is 13.0. The fourth-order valence-electron chi connectivity index (χ4n) is 2.44. The van der Waals surface area contributed by atoms with Gasteiger partial charge in [-0.2, -0.15) is 4.98 Å². The first-order valence-electron chi connectivity index (χ1n) is 7.45. The van der Waals surface area contributed by atoms with Crippen LogP contribution in [-0.2, 0) is 6.42 Å². The molecule has 1 fully saturated rings. The largest absolute Gasteiger partial charge is 0.491 e. The van der Waals surface area contributed by atoms with Crippen molar-refractivity contribution in [1.29, 1.82) is 0 Å². The lowest BCUT2D eigenvalue weighted by atomic mass is 10.2. The summed E-state index contributed by atoms with van der Waals surface area (Å²) in [6.45, 7) is 3.04. The zero-order valence-electron chi connectivity index (χ0n) is 13.2. The summed E-state index contributed by atoms with van der Waals surface area (Å²) in [5.41, 5.74) is 0. The SMILES string of the molecule is CN1CCNCC1c1noc(CCOc2ccc(F)cc2Cl)n1.Cl. The predicted molar refractivity (Wildman–Crippen MR) is 90.4 cm³/mol. The van der Waals surface area contributed by atoms with Crippen LogP contribution in [-0.4, -0.2) is 48.3 Å². The number of piperazine rings is 1. The van der Waals surface area contributed by atoms with E-state index >= 15 is 0 Å². The highest BCUT2D eigenvalue weighted by molar-refractivity contribution is 6.32. The molecule has 0 amide bonds. The van der Waals surface area contributed by atoms with Gasteiger partial charge in [0.1, 0.15) is 11.6 Å². The molecular weight excluding hydrogens is 358 g/mol. The number of ether oxygens (including phenoxy) is 1. The third-order valence-electron chi connectivity index (χ3n) is 3.76. The molecule has 0 spiro atoms. The van der Waals surface area contributed by atoms with Crippen LogP contribution >= 0.6 is 24.0 Å². The second kappa shape index (κ2) is 8.62. The Hall–Kier alpha value is -1.41. The highest BCUT2D eigenvalue weighted by atomic mass is 35.5. The summed E-state index contributed by atoms with van der Waals surface area (Å²) in [7, 11) is 2.04. The minimum Gasteiger partial charge on any atom is -0.491 e. The maximum Gasteiger partial charge on any atom is 0.230 e. The molecule has 2 aromatic rings. The lowest BCUT2D eigenvalue weighted by molar-refractivity contribution is 0.190. The Kier molecular flexibility index (Phi) is 6.79. The molecule has 1 saturated heterocycles. The monoisotopic (exact) mass is 376 g/mol. The van der Waals surface area contributed by atoms with Gasteiger partial charge in [0.05, 0.1) is 24.1 Å². The molecule has 1 atom stereocenters. The molecule has 1 N–H and O–H groups in total. The van der Waals surface area contributed by atoms with E-state index in [1.807, 2.05) is 7.05 Å². The quantitative estimate of drug-likeness (QED) is 0.864. The first-order chi connectivity index (χ1) is 11.1. The molecule has 1 aliphatic rings. The Balaban J connectivity index is 0.00000208. The zero-order chi connectivity index (χ0) is 16.2. The Morgan fingerprint density at radius 3 is 3.08 bits per heavy atom. The summed E-state index contributed by atoms with van der Waals surface area (Å²) in [6.07, 6.45) is 0.463. The van der Waals surface area contributed by atoms with Gasteiger partial charge in [0.25, 0.3) is 0 Å². The van der Waals surface area contributed by atoms with Crippen LogP contribution in [0.25, 0.3) is 0 Å². The van der Waals surface area contributed by atoms with Crippen LogP contribution < -0.4 is 10.1 Å². The van der Waals surface area contributed by atoms with Crippen LogP contribution in [0, 0.1) is 5.82 Å². The second-order valence-corrected chi connectivity index (χ2v) is 5.83. The van der Waals surface area contributed by atoms with Gasteiger partial charge in [-0.05, 0) is 25.2 Å². The van der Waals surface area contributed by atoms with Crippen LogP contribution in [0.2, 0.25) is 5.02 Å². The number of aromatic nitrogens is 2. The van der Waals surface area contributed by atoms with E-state index in [1.165, 1.54) is 18.2 Å². The van der Waals surface area contributed by atoms with Crippen LogP contribution in [0.4, 0.5) is 4.39 Å². The van der Waals surface area contributed by atoms with E-state index in [4.69, 9.17) is 20.9 Å². The van der Waals surface area contributed by atoms with Crippen LogP contribution in [0.5, 0.6) is 5.75 Å². The van der Waals surface area contributed by atoms with Gasteiger partial charge in [0.15, 0.2) is 5.82 Å². The second-order valence-electron chi connectivity index (χ2n) is 5.42. The lowest BCUT2D eigenvalue weighted by Gasteiger charge is -2.30. The molecule has 9 heteroatoms. The Bertz CT molecular complexity index is 671. The van der Waals surface area contributed by atoms with E-state index < -0.39 is 5.82 Å². The average molecular weight is 377 g/mol. The molecule has 0 aliphatic carbocycles. The number of rotatable bonds is 5. The standard InChI is InChI=1S/C15H18ClFN4O2.ClH/c1-21-6-5-18-9-12(21)15-19-14(23-20-15)4-7-22-13-3-2-10(17)8-11(13)16;/h2-3,8,12,18H,4-7,9H2,1H3;1H. The van der Waals surface area contributed by atoms with E-state index in [9.17, 15) is 4.39 Å². The zero-order valence-corrected chi connectivity index (χ0v) is 14.7. The Morgan fingerprint density at radius 2 is 2.33 bits per heavy atom. The molecule has 0 radical (unpaired) electrons. The molecule has 0 bridgehead atoms. The van der Waals surface area contributed by atoms with Gasteiger partial charge in [-0.25, -0.2) is 4.39 Å². The Labute approximate surface area is 150 Å². The molecule has 0 saturated carbocycles. The number of hydrogen-bond donors (Lipinski definition) is 1. The summed E-state index contributed by atoms with van der Waals surface area (Å²) < 4.78 is 23.8. The van der Waals surface area contributed by atoms with Crippen molar-refractivity contribution in [2.75, 3.05) is 33.3 Å². The molecule has 2 heterocycles. The normalized spacial score (nSPS) is 18.2. The lowest BCUT2D eigenvalue weighted by Crippen LogP contribution is -2.44. The number of nitrogens with one attached hydrogen (secondary N) is 1. The van der Waals surface area contributed by atoms with E-state index in [0.29, 0.717) is 30.5 Å². The number of likely N-dealkylation sites (N-methyl/N-ethyl adjacent to an activating group) is 1. The minimum atomic E-state index is -0.394. The third-order valence-corrected chi connectivity index (χ3v) is 4.06. The van der Waals surface area contributed by atoms with Gasteiger partial charge in [0.2, 0.25) is 5.89 Å². The first-order valence-corrected chi connectivity index (χ1v) is 7.82. The van der Waals surface area contributed by atoms with Crippen LogP contribution in [0.3, 0.4) is 0 Å². The number of nitrogens with zero attached hydrogens (tertiary/aromatic N) is 3. The number of hydrogen-bond acceptors (Lipinski definition) is 6. The van der Waals surface area contributed by atoms with Gasteiger partial charge >= 0.3 is 0 Å². The van der Waals surface area contributed by atoms with E-state index in [-0.39, 0.29) is 23.5 Å². The minimum absolute atomic E-state index is 0. The molecule has 1 unspecified atom stereocenters. The maximum atomic E-state index is 13.0. The van der Waals surface area contributed by atoms with Crippen molar-refractivity contribution >= 4 is 24.0 Å². The van der Waals surface area contributed by atoms with E-state index in [0.717, 1.165) is 19.6 Å². The van der Waals surface area contributed by atoms with Gasteiger partial charge in [-0.3, -0.25) is 4.90 Å². The van der Waals surface area contributed by atoms with Crippen molar-refractivity contribution in [3.05, 3.63) is 40.8 Å². The first kappa shape index (κ1) is 18.9. The summed E-state index contributed by atoms with van der Waals surface area (Å²) in [5, 5.41) is 7.60. The van der Waals surface area contributed by atoms with Gasteiger partial charge in [0, 0.05) is 19.6 Å². The van der Waals surface area contributed by atoms with Crippen molar-refractivity contribution in [2.24, 2.45) is 0 Å². The molecule has 1 aliphatic heterocycles. The van der Waals surface area contributed by atoms with Crippen molar-refractivity contribution in [1.82, 2.24) is 20.4 Å². The number of benzene rings is 1. The smallest absolute Gasteiger partial charge is 0.230 e. The molecule has 1 aromatic heterocycles. The fraction of sp³-hybridized carbons (Fsp3) is 0.467. The third kappa shape index (κ3) is 4.57. The van der Waals surface area contributed by atoms with Crippen LogP contribution in [0.15, 0.2) is 22.7 Å². The van der Waals surface area contributed by atoms with Crippen molar-refractivity contribution in [3.63, 3.8) is 0 Å². The highest BCUT2D eigenvalue weighted by Gasteiger charge is 2.25. The molecule has 24 heavy (non-hydrogen) atoms. The summed E-state index contributed by atoms with van der Waals surface area (Å²) in [4.78, 5) is 6.61. The molecule has 1 aromatic carbocycles. The summed E-state index contributed by atoms with van der Waals surface area (Å²) in [6, 6.07) is 4.14. The predicted octanol–water partition coefficient (Wildman–Crippen LogP) is 2.48. The molecule has 6 nitrogen and oxygen atoms in total. The molecule has 132 valence electrons. The highest BCUT2D eigenvalue weighted by Crippen LogP contribution is 2.25. The van der Waals surface area contributed by atoms with Crippen molar-refractivity contribution < 1.29 is 13.7 Å². The average Bonchev–Trinajstić information content (AvgIpc) is 2.98. The van der Waals surface area contributed by atoms with E-state index in [2.05, 4.69) is 20.4 Å². The van der Waals surface area contributed by atoms with Crippen molar-refractivity contribution in [2.45, 2.75) is 12.5 Å². The number of halogens is 3. The molecular formula is C15H19Cl2FN4O2. The Morgan fingerprint density at radius 1 is 1.50 bits per heavy atom. The van der Waals surface area contributed by atoms with Gasteiger partial charge in [-0.15, -0.1) is 12.4 Å². The van der Waals surface area contributed by atoms with Crippen molar-refractivity contribution in [3.8, 4) is 5.75 Å². The van der Waals surface area contributed by atoms with Gasteiger partial charge in [-0.1, -0.05) is 16.8 Å². The van der Waals surface area contributed by atoms with E-state index in [1.54, 1.807) is 0 Å². The summed E-state index contributed by atoms with van der Waals surface area (Å²) in [5.74, 6) is 1.23. The molecule has 3 rings (SSSR count). The van der Waals surface area contributed by atoms with Crippen LogP contribution in [0.1, 0.15) is 17.8 Å². The summed E-state index contributed by atoms with van der Waals surface area (Å²) >= 11 is 5.90. The topological polar surface area (TPSA) is 63.4 Å². The fourth-order valence-corrected chi connectivity index (χ4v) is 2.66. The van der Waals surface area contributed by atoms with Gasteiger partial charge < -0.3 is 14.6 Å².